The van der Waals surface area contributed by atoms with E-state index in [0.717, 1.165) is 0 Å². The first-order chi connectivity index (χ1) is 20.1. The Balaban J connectivity index is 0.0000185. The van der Waals surface area contributed by atoms with Gasteiger partial charge in [0.05, 0.1) is 31.2 Å². The average molecular weight is 618 g/mol. The Kier molecular flexibility index (Phi) is 18.6. The molecule has 1 fully saturated rings. The van der Waals surface area contributed by atoms with Crippen LogP contribution in [0.5, 0.6) is 0 Å². The van der Waals surface area contributed by atoms with Gasteiger partial charge in [0, 0.05) is 6.54 Å². The standard InChI is InChI=1S/C29H49N5O9.Li/c1-8-11-19(24(36)26(38)30-14-21(35)32-23(28(40)41)18(7)9-2)31-25(37)20-12-10-13-34(20)27(39)22(17(5)6)33-29(42)43-15-16(3)4;/h16-20,22-23H,8-15H2,1-7H3,(H,30,38)(H,31,37)(H,32,35)(H,33,42)(H,40,41);/q;+1/p-1/t18-,19?,20-,22-,23-;/m0./s1. The molecule has 0 aromatic heterocycles. The fourth-order valence-corrected chi connectivity index (χ4v) is 4.53. The van der Waals surface area contributed by atoms with Crippen LogP contribution < -0.4 is 45.2 Å². The number of aliphatic carboxylic acids is 1. The second-order valence-electron chi connectivity index (χ2n) is 11.7. The number of ketones is 1. The summed E-state index contributed by atoms with van der Waals surface area (Å²) >= 11 is 0. The molecule has 14 nitrogen and oxygen atoms in total. The molecule has 1 aliphatic rings. The van der Waals surface area contributed by atoms with Crippen molar-refractivity contribution in [3.05, 3.63) is 0 Å². The van der Waals surface area contributed by atoms with Gasteiger partial charge in [0.25, 0.3) is 5.91 Å². The van der Waals surface area contributed by atoms with E-state index in [1.807, 2.05) is 13.8 Å². The van der Waals surface area contributed by atoms with E-state index in [-0.39, 0.29) is 50.3 Å². The van der Waals surface area contributed by atoms with Crippen LogP contribution in [-0.4, -0.2) is 90.2 Å². The van der Waals surface area contributed by atoms with Gasteiger partial charge in [-0.3, -0.25) is 24.0 Å². The van der Waals surface area contributed by atoms with Crippen molar-refractivity contribution in [1.82, 2.24) is 26.2 Å². The molecule has 4 N–H and O–H groups in total. The molecule has 0 aliphatic carbocycles. The van der Waals surface area contributed by atoms with Crippen molar-refractivity contribution in [2.24, 2.45) is 17.8 Å². The van der Waals surface area contributed by atoms with Crippen LogP contribution in [0.25, 0.3) is 0 Å². The Morgan fingerprint density at radius 1 is 0.932 bits per heavy atom. The Bertz CT molecular complexity index is 1020. The summed E-state index contributed by atoms with van der Waals surface area (Å²) in [4.78, 5) is 89.4. The maximum Gasteiger partial charge on any atom is 1.00 e. The van der Waals surface area contributed by atoms with E-state index >= 15 is 0 Å². The molecule has 1 saturated heterocycles. The number of carboxylic acids is 1. The van der Waals surface area contributed by atoms with E-state index in [2.05, 4.69) is 21.3 Å². The van der Waals surface area contributed by atoms with Gasteiger partial charge < -0.3 is 40.8 Å². The van der Waals surface area contributed by atoms with Crippen LogP contribution in [0.4, 0.5) is 4.79 Å². The number of carbonyl (C=O) groups excluding carboxylic acids is 7. The molecule has 15 heteroatoms. The number of nitrogens with one attached hydrogen (secondary N) is 4. The van der Waals surface area contributed by atoms with Gasteiger partial charge in [0.2, 0.25) is 23.5 Å². The first kappa shape index (κ1) is 40.9. The van der Waals surface area contributed by atoms with Gasteiger partial charge in [-0.15, -0.1) is 0 Å². The van der Waals surface area contributed by atoms with E-state index in [4.69, 9.17) is 4.74 Å². The first-order valence-electron chi connectivity index (χ1n) is 15.0. The number of rotatable bonds is 17. The summed E-state index contributed by atoms with van der Waals surface area (Å²) in [7, 11) is 0. The minimum absolute atomic E-state index is 0. The molecule has 5 atom stereocenters. The van der Waals surface area contributed by atoms with Crippen LogP contribution in [0.3, 0.4) is 0 Å². The number of Topliss-reactive ketones (excluding diaryl/α,β-unsaturated/α-hetero) is 1. The molecule has 1 rings (SSSR count). The van der Waals surface area contributed by atoms with Crippen LogP contribution in [-0.2, 0) is 33.5 Å². The number of hydrogen-bond acceptors (Lipinski definition) is 9. The summed E-state index contributed by atoms with van der Waals surface area (Å²) in [5, 5.41) is 21.0. The van der Waals surface area contributed by atoms with Crippen molar-refractivity contribution in [2.75, 3.05) is 19.7 Å². The van der Waals surface area contributed by atoms with Gasteiger partial charge in [-0.05, 0) is 37.0 Å². The van der Waals surface area contributed by atoms with Crippen LogP contribution in [0.15, 0.2) is 0 Å². The van der Waals surface area contributed by atoms with Gasteiger partial charge in [-0.25, -0.2) is 4.79 Å². The third-order valence-electron chi connectivity index (χ3n) is 7.22. The van der Waals surface area contributed by atoms with E-state index in [1.54, 1.807) is 34.6 Å². The fraction of sp³-hybridized carbons (Fsp3) is 0.759. The average Bonchev–Trinajstić information content (AvgIpc) is 3.45. The zero-order valence-electron chi connectivity index (χ0n) is 27.3. The molecule has 1 heterocycles. The Morgan fingerprint density at radius 3 is 2.09 bits per heavy atom. The zero-order chi connectivity index (χ0) is 32.9. The summed E-state index contributed by atoms with van der Waals surface area (Å²) in [6, 6.07) is -4.31. The summed E-state index contributed by atoms with van der Waals surface area (Å²) in [5.74, 6) is -6.04. The number of carbonyl (C=O) groups is 7. The molecule has 0 saturated carbocycles. The quantitative estimate of drug-likeness (QED) is 0.0949. The molecule has 44 heavy (non-hydrogen) atoms. The van der Waals surface area contributed by atoms with Crippen molar-refractivity contribution in [1.29, 1.82) is 0 Å². The number of ether oxygens (including phenoxy) is 1. The number of likely N-dealkylation sites (tertiary alicyclic amines) is 1. The van der Waals surface area contributed by atoms with Crippen molar-refractivity contribution < 1.29 is 62.3 Å². The van der Waals surface area contributed by atoms with E-state index < -0.39 is 78.1 Å². The normalized spacial score (nSPS) is 17.0. The van der Waals surface area contributed by atoms with Gasteiger partial charge in [-0.2, -0.15) is 0 Å². The van der Waals surface area contributed by atoms with Crippen LogP contribution in [0.1, 0.15) is 80.6 Å². The molecule has 5 amide bonds. The maximum atomic E-state index is 13.4. The molecule has 0 bridgehead atoms. The second-order valence-corrected chi connectivity index (χ2v) is 11.7. The Hall–Kier alpha value is -3.11. The van der Waals surface area contributed by atoms with Crippen molar-refractivity contribution >= 4 is 41.5 Å². The van der Waals surface area contributed by atoms with E-state index in [0.29, 0.717) is 25.7 Å². The van der Waals surface area contributed by atoms with Gasteiger partial charge in [-0.1, -0.05) is 61.3 Å². The van der Waals surface area contributed by atoms with Crippen molar-refractivity contribution in [2.45, 2.75) is 105 Å². The fourth-order valence-electron chi connectivity index (χ4n) is 4.53. The second kappa shape index (κ2) is 20.0. The zero-order valence-corrected chi connectivity index (χ0v) is 27.3. The molecule has 244 valence electrons. The van der Waals surface area contributed by atoms with Gasteiger partial charge >= 0.3 is 25.0 Å². The van der Waals surface area contributed by atoms with Crippen LogP contribution in [0, 0.1) is 17.8 Å². The molecule has 0 aromatic rings. The molecule has 1 unspecified atom stereocenters. The van der Waals surface area contributed by atoms with Gasteiger partial charge in [0.15, 0.2) is 0 Å². The number of hydrogen-bond donors (Lipinski definition) is 4. The van der Waals surface area contributed by atoms with E-state index in [9.17, 15) is 38.7 Å². The SMILES string of the molecule is CCCC(NC(=O)[C@@H]1CCCN1C(=O)[C@@H](NC(=O)OCC(C)C)C(C)C)C(=O)C(=O)NCC(=O)N[C@H](C(=O)[O-])[C@@H](C)CC.[Li+]. The van der Waals surface area contributed by atoms with Crippen LogP contribution >= 0.6 is 0 Å². The minimum Gasteiger partial charge on any atom is -0.548 e. The summed E-state index contributed by atoms with van der Waals surface area (Å²) in [5.41, 5.74) is 0. The third kappa shape index (κ3) is 12.9. The largest absolute Gasteiger partial charge is 1.00 e. The Labute approximate surface area is 271 Å². The molecule has 0 aromatic carbocycles. The maximum absolute atomic E-state index is 13.4. The number of alkyl carbamates (subject to hydrolysis) is 1. The topological polar surface area (TPSA) is 203 Å². The monoisotopic (exact) mass is 617 g/mol. The summed E-state index contributed by atoms with van der Waals surface area (Å²) < 4.78 is 5.15. The first-order valence-corrected chi connectivity index (χ1v) is 15.0. The molecular formula is C29H48LiN5O9. The van der Waals surface area contributed by atoms with Crippen molar-refractivity contribution in [3.63, 3.8) is 0 Å². The third-order valence-corrected chi connectivity index (χ3v) is 7.22. The molecule has 1 aliphatic heterocycles. The molecule has 0 radical (unpaired) electrons. The minimum atomic E-state index is -1.46. The van der Waals surface area contributed by atoms with Gasteiger partial charge in [0.1, 0.15) is 12.1 Å². The molecular weight excluding hydrogens is 569 g/mol. The predicted octanol–water partition coefficient (Wildman–Crippen LogP) is -3.36. The predicted molar refractivity (Wildman–Crippen MR) is 154 cm³/mol. The van der Waals surface area contributed by atoms with E-state index in [1.165, 1.54) is 4.90 Å². The molecule has 0 spiro atoms. The van der Waals surface area contributed by atoms with Crippen molar-refractivity contribution in [3.8, 4) is 0 Å². The number of carboxylic acid groups (broad SMARTS) is 1. The Morgan fingerprint density at radius 2 is 1.57 bits per heavy atom. The number of nitrogens with zero attached hydrogens (tertiary/aromatic N) is 1. The smallest absolute Gasteiger partial charge is 0.548 e. The number of amides is 5. The summed E-state index contributed by atoms with van der Waals surface area (Å²) in [6.07, 6.45) is 1.16. The van der Waals surface area contributed by atoms with Crippen LogP contribution in [0.2, 0.25) is 0 Å². The summed E-state index contributed by atoms with van der Waals surface area (Å²) in [6.45, 7) is 12.2.